The maximum Gasteiger partial charge on any atom is 0.335 e. The molecule has 3 aromatic carbocycles. The molecule has 22 heteroatoms. The van der Waals surface area contributed by atoms with E-state index in [-0.39, 0.29) is 18.1 Å². The molecule has 14 nitrogen and oxygen atoms in total. The number of carbonyl (C=O) groups is 2. The van der Waals surface area contributed by atoms with E-state index in [4.69, 9.17) is 61.3 Å². The van der Waals surface area contributed by atoms with Gasteiger partial charge in [0.25, 0.3) is 35.4 Å². The van der Waals surface area contributed by atoms with Gasteiger partial charge in [-0.25, -0.2) is 26.0 Å². The van der Waals surface area contributed by atoms with E-state index in [0.29, 0.717) is 12.1 Å². The zero-order valence-corrected chi connectivity index (χ0v) is 25.0. The summed E-state index contributed by atoms with van der Waals surface area (Å²) in [5, 5.41) is 30.8. The van der Waals surface area contributed by atoms with Gasteiger partial charge in [0.1, 0.15) is 25.7 Å². The summed E-state index contributed by atoms with van der Waals surface area (Å²) in [5.74, 6) is -3.16. The summed E-state index contributed by atoms with van der Waals surface area (Å²) in [6, 6.07) is 6.18. The number of benzene rings is 3. The van der Waals surface area contributed by atoms with Gasteiger partial charge in [0.2, 0.25) is 0 Å². The van der Waals surface area contributed by atoms with Crippen LogP contribution >= 0.6 is 56.2 Å². The van der Waals surface area contributed by atoms with Gasteiger partial charge in [-0.1, -0.05) is 42.2 Å². The molecule has 0 atom stereocenters. The van der Waals surface area contributed by atoms with Crippen molar-refractivity contribution < 1.29 is 45.8 Å². The molecule has 0 heterocycles. The number of carboxylic acid groups (broad SMARTS) is 1. The average Bonchev–Trinajstić information content (AvgIpc) is 2.84. The lowest BCUT2D eigenvalue weighted by Crippen LogP contribution is -2.13. The van der Waals surface area contributed by atoms with Gasteiger partial charge in [-0.2, -0.15) is 0 Å². The predicted molar refractivity (Wildman–Crippen MR) is 155 cm³/mol. The summed E-state index contributed by atoms with van der Waals surface area (Å²) >= 11 is 16.7. The lowest BCUT2D eigenvalue weighted by molar-refractivity contribution is -0.385. The van der Waals surface area contributed by atoms with Gasteiger partial charge < -0.3 is 10.4 Å². The number of hydrogen-bond donors (Lipinski definition) is 2. The van der Waals surface area contributed by atoms with Crippen molar-refractivity contribution in [3.8, 4) is 0 Å². The molecule has 0 aliphatic carbocycles. The molecular weight excluding hydrogens is 731 g/mol. The highest BCUT2D eigenvalue weighted by Gasteiger charge is 2.28. The van der Waals surface area contributed by atoms with Crippen LogP contribution in [-0.4, -0.2) is 43.7 Å². The van der Waals surface area contributed by atoms with E-state index in [9.17, 15) is 51.0 Å². The minimum absolute atomic E-state index is 0. The molecule has 1 amide bonds. The third-order valence-corrected chi connectivity index (χ3v) is 8.65. The van der Waals surface area contributed by atoms with Gasteiger partial charge in [-0.15, -0.1) is 0 Å². The zero-order valence-electron chi connectivity index (χ0n) is 19.5. The topological polar surface area (TPSA) is 221 Å². The van der Waals surface area contributed by atoms with E-state index in [0.717, 1.165) is 24.3 Å². The molecule has 0 bridgehead atoms. The highest BCUT2D eigenvalue weighted by Crippen LogP contribution is 2.36. The summed E-state index contributed by atoms with van der Waals surface area (Å²) in [6.45, 7) is 0. The number of halogens is 6. The summed E-state index contributed by atoms with van der Waals surface area (Å²) in [6.07, 6.45) is 0. The van der Waals surface area contributed by atoms with Gasteiger partial charge >= 0.3 is 5.97 Å². The molecule has 0 spiro atoms. The maximum atomic E-state index is 13.1. The number of carbonyl (C=O) groups excluding carboxylic acids is 1. The maximum absolute atomic E-state index is 13.1. The second-order valence-electron chi connectivity index (χ2n) is 7.39. The number of nitrogens with one attached hydrogen (secondary N) is 1. The number of nitro groups is 2. The Kier molecular flexibility index (Phi) is 12.7. The van der Waals surface area contributed by atoms with Crippen LogP contribution in [0.3, 0.4) is 0 Å². The van der Waals surface area contributed by atoms with Crippen LogP contribution in [0.4, 0.5) is 21.5 Å². The molecule has 0 aliphatic rings. The average molecular weight is 744 g/mol. The van der Waals surface area contributed by atoms with Crippen LogP contribution < -0.4 is 5.32 Å². The minimum Gasteiger partial charge on any atom is -0.478 e. The van der Waals surface area contributed by atoms with E-state index in [1.165, 1.54) is 6.07 Å². The lowest BCUT2D eigenvalue weighted by atomic mass is 10.2. The monoisotopic (exact) mass is 741 g/mol. The lowest BCUT2D eigenvalue weighted by Gasteiger charge is -2.08. The molecule has 2 N–H and O–H groups in total. The molecule has 0 saturated carbocycles. The Morgan fingerprint density at radius 3 is 1.58 bits per heavy atom. The quantitative estimate of drug-likeness (QED) is 0.147. The summed E-state index contributed by atoms with van der Waals surface area (Å²) in [7, 11) is 1.36. The number of aromatic carboxylic acids is 1. The Balaban J connectivity index is 0.000000451. The molecule has 0 saturated heterocycles. The third kappa shape index (κ3) is 9.59. The smallest absolute Gasteiger partial charge is 0.335 e. The Labute approximate surface area is 265 Å². The number of nitro benzene ring substituents is 2. The molecule has 3 aromatic rings. The number of nitrogens with zero attached hydrogens (tertiary/aromatic N) is 2. The normalized spacial score (nSPS) is 10.9. The standard InChI is InChI=1S/C13H6Cl3FN2O5S.C7H3Cl2NO6S.CH4/c14-8-5-7(1-2-9(8)17)18-13(20)6-3-10(19(21)22)12(15)11(4-6)25(16,23)24;8-6-4(10(13)14)1-3(7(11)12)2-5(6)17(9,15)16;/h1-5H,(H,18,20);1-2H,(H,11,12);1H4. The SMILES string of the molecule is C.O=C(Nc1ccc(F)c(Cl)c1)c1cc([N+](=O)[O-])c(Cl)c(S(=O)(=O)Cl)c1.O=C(O)c1cc([N+](=O)[O-])c(Cl)c(S(=O)(=O)Cl)c1. The van der Waals surface area contributed by atoms with Crippen LogP contribution in [0.5, 0.6) is 0 Å². The molecule has 0 aliphatic heterocycles. The molecule has 0 fully saturated rings. The predicted octanol–water partition coefficient (Wildman–Crippen LogP) is 6.73. The Bertz CT molecular complexity index is 1870. The third-order valence-electron chi connectivity index (χ3n) is 4.65. The van der Waals surface area contributed by atoms with E-state index in [1.807, 2.05) is 0 Å². The van der Waals surface area contributed by atoms with Crippen LogP contribution in [0.2, 0.25) is 15.1 Å². The van der Waals surface area contributed by atoms with Crippen LogP contribution in [0.15, 0.2) is 52.3 Å². The second-order valence-corrected chi connectivity index (χ2v) is 13.6. The van der Waals surface area contributed by atoms with Crippen molar-refractivity contribution in [2.24, 2.45) is 0 Å². The Hall–Kier alpha value is -3.32. The number of rotatable bonds is 7. The zero-order chi connectivity index (χ0) is 32.3. The first-order chi connectivity index (χ1) is 19.1. The van der Waals surface area contributed by atoms with Crippen molar-refractivity contribution in [1.29, 1.82) is 0 Å². The molecule has 43 heavy (non-hydrogen) atoms. The van der Waals surface area contributed by atoms with Crippen molar-refractivity contribution in [1.82, 2.24) is 0 Å². The fraction of sp³-hybridized carbons (Fsp3) is 0.0476. The van der Waals surface area contributed by atoms with Crippen molar-refractivity contribution in [3.05, 3.63) is 94.7 Å². The second kappa shape index (κ2) is 14.4. The fourth-order valence-corrected chi connectivity index (χ4v) is 6.10. The minimum atomic E-state index is -4.45. The van der Waals surface area contributed by atoms with E-state index in [1.54, 1.807) is 0 Å². The van der Waals surface area contributed by atoms with Crippen LogP contribution in [-0.2, 0) is 18.1 Å². The van der Waals surface area contributed by atoms with Crippen molar-refractivity contribution in [3.63, 3.8) is 0 Å². The summed E-state index contributed by atoms with van der Waals surface area (Å²) < 4.78 is 58.3. The highest BCUT2D eigenvalue weighted by molar-refractivity contribution is 8.14. The first-order valence-electron chi connectivity index (χ1n) is 10.00. The molecule has 3 rings (SSSR count). The van der Waals surface area contributed by atoms with Gasteiger partial charge in [0, 0.05) is 44.7 Å². The van der Waals surface area contributed by atoms with E-state index >= 15 is 0 Å². The fourth-order valence-electron chi connectivity index (χ4n) is 2.82. The molecule has 0 aromatic heterocycles. The first-order valence-corrected chi connectivity index (χ1v) is 15.7. The molecule has 0 radical (unpaired) electrons. The Morgan fingerprint density at radius 1 is 0.791 bits per heavy atom. The molecule has 0 unspecified atom stereocenters. The first kappa shape index (κ1) is 37.7. The van der Waals surface area contributed by atoms with E-state index < -0.39 is 88.0 Å². The van der Waals surface area contributed by atoms with Crippen LogP contribution in [0, 0.1) is 26.0 Å². The largest absolute Gasteiger partial charge is 0.478 e. The number of amides is 1. The van der Waals surface area contributed by atoms with Crippen molar-refractivity contribution >= 4 is 103 Å². The van der Waals surface area contributed by atoms with Crippen molar-refractivity contribution in [2.45, 2.75) is 17.2 Å². The number of carboxylic acids is 1. The van der Waals surface area contributed by atoms with E-state index in [2.05, 4.69) is 5.32 Å². The van der Waals surface area contributed by atoms with Gasteiger partial charge in [0.05, 0.1) is 20.4 Å². The van der Waals surface area contributed by atoms with Crippen LogP contribution in [0.25, 0.3) is 0 Å². The summed E-state index contributed by atoms with van der Waals surface area (Å²) in [4.78, 5) is 40.9. The van der Waals surface area contributed by atoms with Gasteiger partial charge in [0.15, 0.2) is 0 Å². The Morgan fingerprint density at radius 2 is 1.21 bits per heavy atom. The number of anilines is 1. The highest BCUT2D eigenvalue weighted by atomic mass is 35.7. The van der Waals surface area contributed by atoms with Crippen LogP contribution in [0.1, 0.15) is 28.1 Å². The molecule has 232 valence electrons. The summed E-state index contributed by atoms with van der Waals surface area (Å²) in [5.41, 5.74) is -2.56. The van der Waals surface area contributed by atoms with Gasteiger partial charge in [-0.05, 0) is 30.3 Å². The van der Waals surface area contributed by atoms with Gasteiger partial charge in [-0.3, -0.25) is 25.0 Å². The van der Waals surface area contributed by atoms with Crippen molar-refractivity contribution in [2.75, 3.05) is 5.32 Å². The number of hydrogen-bond acceptors (Lipinski definition) is 10. The molecular formula is C21H13Cl5FN3O11S2.